The Labute approximate surface area is 83.1 Å². The van der Waals surface area contributed by atoms with Gasteiger partial charge in [-0.2, -0.15) is 17.0 Å². The molecule has 0 aliphatic rings. The Bertz CT molecular complexity index is 177. The maximum Gasteiger partial charge on any atom is 0.303 e. The SMILES string of the molecule is N#CCCCSCCCCC(=O)O. The summed E-state index contributed by atoms with van der Waals surface area (Å²) in [6.45, 7) is 0. The molecule has 3 nitrogen and oxygen atoms in total. The third-order valence-corrected chi connectivity index (χ3v) is 2.66. The Morgan fingerprint density at radius 3 is 2.62 bits per heavy atom. The van der Waals surface area contributed by atoms with Gasteiger partial charge in [0.25, 0.3) is 0 Å². The van der Waals surface area contributed by atoms with Crippen molar-refractivity contribution in [2.24, 2.45) is 0 Å². The Hall–Kier alpha value is -0.690. The largest absolute Gasteiger partial charge is 0.481 e. The van der Waals surface area contributed by atoms with Crippen LogP contribution >= 0.6 is 11.8 Å². The summed E-state index contributed by atoms with van der Waals surface area (Å²) < 4.78 is 0. The van der Waals surface area contributed by atoms with Gasteiger partial charge in [0.05, 0.1) is 6.07 Å². The van der Waals surface area contributed by atoms with Crippen molar-refractivity contribution < 1.29 is 9.90 Å². The van der Waals surface area contributed by atoms with Crippen LogP contribution in [0.25, 0.3) is 0 Å². The highest BCUT2D eigenvalue weighted by atomic mass is 32.2. The van der Waals surface area contributed by atoms with Crippen LogP contribution in [-0.2, 0) is 4.79 Å². The first-order valence-corrected chi connectivity index (χ1v) is 5.59. The lowest BCUT2D eigenvalue weighted by Gasteiger charge is -1.98. The lowest BCUT2D eigenvalue weighted by Crippen LogP contribution is -1.94. The van der Waals surface area contributed by atoms with Crippen molar-refractivity contribution in [1.82, 2.24) is 0 Å². The minimum atomic E-state index is -0.713. The van der Waals surface area contributed by atoms with E-state index in [-0.39, 0.29) is 6.42 Å². The molecule has 0 aliphatic heterocycles. The molecule has 74 valence electrons. The maximum atomic E-state index is 10.1. The van der Waals surface area contributed by atoms with Crippen molar-refractivity contribution >= 4 is 17.7 Å². The van der Waals surface area contributed by atoms with Crippen molar-refractivity contribution in [1.29, 1.82) is 5.26 Å². The number of carbonyl (C=O) groups is 1. The van der Waals surface area contributed by atoms with Crippen LogP contribution in [0.1, 0.15) is 32.1 Å². The second-order valence-corrected chi connectivity index (χ2v) is 3.95. The fraction of sp³-hybridized carbons (Fsp3) is 0.778. The summed E-state index contributed by atoms with van der Waals surface area (Å²) >= 11 is 1.80. The molecule has 0 radical (unpaired) electrons. The topological polar surface area (TPSA) is 61.1 Å². The van der Waals surface area contributed by atoms with Gasteiger partial charge in [0.15, 0.2) is 0 Å². The quantitative estimate of drug-likeness (QED) is 0.612. The van der Waals surface area contributed by atoms with Gasteiger partial charge in [-0.05, 0) is 30.8 Å². The third kappa shape index (κ3) is 11.3. The van der Waals surface area contributed by atoms with E-state index in [1.54, 1.807) is 11.8 Å². The molecule has 13 heavy (non-hydrogen) atoms. The molecule has 1 N–H and O–H groups in total. The van der Waals surface area contributed by atoms with Crippen molar-refractivity contribution in [3.8, 4) is 6.07 Å². The molecule has 0 aromatic carbocycles. The van der Waals surface area contributed by atoms with Crippen molar-refractivity contribution in [2.75, 3.05) is 11.5 Å². The average molecular weight is 201 g/mol. The van der Waals surface area contributed by atoms with Gasteiger partial charge < -0.3 is 5.11 Å². The summed E-state index contributed by atoms with van der Waals surface area (Å²) in [6, 6.07) is 2.09. The predicted molar refractivity (Wildman–Crippen MR) is 53.7 cm³/mol. The molecule has 0 saturated heterocycles. The van der Waals surface area contributed by atoms with Crippen LogP contribution in [0, 0.1) is 11.3 Å². The number of carboxylic acids is 1. The Morgan fingerprint density at radius 1 is 1.31 bits per heavy atom. The smallest absolute Gasteiger partial charge is 0.303 e. The van der Waals surface area contributed by atoms with E-state index in [0.29, 0.717) is 6.42 Å². The molecule has 0 saturated carbocycles. The average Bonchev–Trinajstić information content (AvgIpc) is 2.09. The molecule has 0 atom stereocenters. The molecule has 0 aromatic heterocycles. The van der Waals surface area contributed by atoms with Gasteiger partial charge in [0.1, 0.15) is 0 Å². The van der Waals surface area contributed by atoms with Gasteiger partial charge in [0.2, 0.25) is 0 Å². The highest BCUT2D eigenvalue weighted by molar-refractivity contribution is 7.99. The van der Waals surface area contributed by atoms with E-state index in [9.17, 15) is 4.79 Å². The highest BCUT2D eigenvalue weighted by Crippen LogP contribution is 2.08. The first-order chi connectivity index (χ1) is 6.27. The second kappa shape index (κ2) is 9.40. The van der Waals surface area contributed by atoms with Crippen LogP contribution in [0.5, 0.6) is 0 Å². The Morgan fingerprint density at radius 2 is 2.00 bits per heavy atom. The molecule has 0 unspecified atom stereocenters. The molecule has 0 spiro atoms. The van der Waals surface area contributed by atoms with Crippen LogP contribution in [0.15, 0.2) is 0 Å². The van der Waals surface area contributed by atoms with Crippen LogP contribution in [0.3, 0.4) is 0 Å². The zero-order valence-electron chi connectivity index (χ0n) is 7.66. The zero-order valence-corrected chi connectivity index (χ0v) is 8.48. The van der Waals surface area contributed by atoms with E-state index in [1.165, 1.54) is 0 Å². The van der Waals surface area contributed by atoms with E-state index in [2.05, 4.69) is 6.07 Å². The first kappa shape index (κ1) is 12.3. The van der Waals surface area contributed by atoms with E-state index in [0.717, 1.165) is 30.8 Å². The van der Waals surface area contributed by atoms with Crippen molar-refractivity contribution in [3.05, 3.63) is 0 Å². The summed E-state index contributed by atoms with van der Waals surface area (Å²) in [5.74, 6) is 1.31. The number of nitriles is 1. The van der Waals surface area contributed by atoms with Gasteiger partial charge in [-0.3, -0.25) is 4.79 Å². The number of hydrogen-bond donors (Lipinski definition) is 1. The maximum absolute atomic E-state index is 10.1. The highest BCUT2D eigenvalue weighted by Gasteiger charge is 1.96. The summed E-state index contributed by atoms with van der Waals surface area (Å²) in [7, 11) is 0. The molecule has 0 aliphatic carbocycles. The number of aliphatic carboxylic acids is 1. The fourth-order valence-electron chi connectivity index (χ4n) is 0.836. The van der Waals surface area contributed by atoms with Crippen LogP contribution < -0.4 is 0 Å². The number of thioether (sulfide) groups is 1. The molecule has 0 rings (SSSR count). The number of rotatable bonds is 8. The van der Waals surface area contributed by atoms with Crippen LogP contribution in [-0.4, -0.2) is 22.6 Å². The van der Waals surface area contributed by atoms with E-state index in [4.69, 9.17) is 10.4 Å². The lowest BCUT2D eigenvalue weighted by molar-refractivity contribution is -0.137. The third-order valence-electron chi connectivity index (χ3n) is 1.51. The molecule has 0 fully saturated rings. The van der Waals surface area contributed by atoms with Gasteiger partial charge in [-0.15, -0.1) is 0 Å². The summed E-state index contributed by atoms with van der Waals surface area (Å²) in [5.41, 5.74) is 0. The number of unbranched alkanes of at least 4 members (excludes halogenated alkanes) is 2. The van der Waals surface area contributed by atoms with Gasteiger partial charge >= 0.3 is 5.97 Å². The lowest BCUT2D eigenvalue weighted by atomic mass is 10.3. The number of carboxylic acid groups (broad SMARTS) is 1. The van der Waals surface area contributed by atoms with Crippen LogP contribution in [0.4, 0.5) is 0 Å². The van der Waals surface area contributed by atoms with Crippen molar-refractivity contribution in [3.63, 3.8) is 0 Å². The fourth-order valence-corrected chi connectivity index (χ4v) is 1.80. The Kier molecular flexibility index (Phi) is 8.90. The van der Waals surface area contributed by atoms with E-state index >= 15 is 0 Å². The first-order valence-electron chi connectivity index (χ1n) is 4.44. The van der Waals surface area contributed by atoms with Crippen LogP contribution in [0.2, 0.25) is 0 Å². The molecule has 4 heteroatoms. The number of nitrogens with zero attached hydrogens (tertiary/aromatic N) is 1. The predicted octanol–water partition coefficient (Wildman–Crippen LogP) is 2.28. The van der Waals surface area contributed by atoms with Crippen molar-refractivity contribution in [2.45, 2.75) is 32.1 Å². The van der Waals surface area contributed by atoms with Gasteiger partial charge in [-0.1, -0.05) is 0 Å². The molecular weight excluding hydrogens is 186 g/mol. The summed E-state index contributed by atoms with van der Waals surface area (Å²) in [4.78, 5) is 10.1. The molecule has 0 amide bonds. The van der Waals surface area contributed by atoms with E-state index < -0.39 is 5.97 Å². The molecule has 0 bridgehead atoms. The normalized spacial score (nSPS) is 9.46. The number of hydrogen-bond acceptors (Lipinski definition) is 3. The Balaban J connectivity index is 2.92. The van der Waals surface area contributed by atoms with Gasteiger partial charge in [0, 0.05) is 12.8 Å². The monoisotopic (exact) mass is 201 g/mol. The minimum absolute atomic E-state index is 0.277. The summed E-state index contributed by atoms with van der Waals surface area (Å²) in [6.07, 6.45) is 3.57. The van der Waals surface area contributed by atoms with Gasteiger partial charge in [-0.25, -0.2) is 0 Å². The molecule has 0 aromatic rings. The molecule has 0 heterocycles. The second-order valence-electron chi connectivity index (χ2n) is 2.72. The van der Waals surface area contributed by atoms with E-state index in [1.807, 2.05) is 0 Å². The zero-order chi connectivity index (χ0) is 9.94. The molecular formula is C9H15NO2S. The minimum Gasteiger partial charge on any atom is -0.481 e. The summed E-state index contributed by atoms with van der Waals surface area (Å²) in [5, 5.41) is 16.6. The standard InChI is InChI=1S/C9H15NO2S/c10-6-2-4-8-13-7-3-1-5-9(11)12/h1-5,7-8H2,(H,11,12).